The molecule has 0 saturated carbocycles. The number of nitrogens with one attached hydrogen (secondary N) is 1. The van der Waals surface area contributed by atoms with Crippen molar-refractivity contribution in [3.63, 3.8) is 0 Å². The SMILES string of the molecule is Cc1ncsc1CCN(C)C(=O)CCc1c(C)nc(=O)[nH]c1C. The highest BCUT2D eigenvalue weighted by molar-refractivity contribution is 7.09. The number of aromatic amines is 1. The second kappa shape index (κ2) is 7.50. The largest absolute Gasteiger partial charge is 0.345 e. The molecule has 6 nitrogen and oxygen atoms in total. The van der Waals surface area contributed by atoms with Gasteiger partial charge in [0.1, 0.15) is 0 Å². The van der Waals surface area contributed by atoms with E-state index in [1.165, 1.54) is 4.88 Å². The summed E-state index contributed by atoms with van der Waals surface area (Å²) in [6, 6.07) is 0. The lowest BCUT2D eigenvalue weighted by molar-refractivity contribution is -0.129. The zero-order chi connectivity index (χ0) is 17.0. The molecule has 0 atom stereocenters. The van der Waals surface area contributed by atoms with E-state index in [1.807, 2.05) is 26.4 Å². The van der Waals surface area contributed by atoms with Gasteiger partial charge in [0.2, 0.25) is 5.91 Å². The molecular formula is C16H22N4O2S. The third-order valence-corrected chi connectivity index (χ3v) is 4.98. The van der Waals surface area contributed by atoms with Crippen LogP contribution in [0.3, 0.4) is 0 Å². The van der Waals surface area contributed by atoms with E-state index in [-0.39, 0.29) is 11.6 Å². The molecule has 0 aliphatic carbocycles. The summed E-state index contributed by atoms with van der Waals surface area (Å²) in [4.78, 5) is 37.3. The number of thiazole rings is 1. The fourth-order valence-corrected chi connectivity index (χ4v) is 3.28. The molecule has 0 aromatic carbocycles. The van der Waals surface area contributed by atoms with Gasteiger partial charge in [-0.2, -0.15) is 4.98 Å². The van der Waals surface area contributed by atoms with E-state index in [2.05, 4.69) is 15.0 Å². The number of nitrogens with zero attached hydrogens (tertiary/aromatic N) is 3. The van der Waals surface area contributed by atoms with E-state index >= 15 is 0 Å². The average molecular weight is 334 g/mol. The van der Waals surface area contributed by atoms with Crippen molar-refractivity contribution >= 4 is 17.2 Å². The summed E-state index contributed by atoms with van der Waals surface area (Å²) < 4.78 is 0. The lowest BCUT2D eigenvalue weighted by Gasteiger charge is -2.17. The Morgan fingerprint density at radius 1 is 1.26 bits per heavy atom. The minimum absolute atomic E-state index is 0.0946. The molecule has 1 amide bonds. The van der Waals surface area contributed by atoms with E-state index in [0.29, 0.717) is 25.1 Å². The maximum absolute atomic E-state index is 12.3. The van der Waals surface area contributed by atoms with Gasteiger partial charge in [0, 0.05) is 42.7 Å². The summed E-state index contributed by atoms with van der Waals surface area (Å²) in [5.41, 5.74) is 4.97. The Hall–Kier alpha value is -2.02. The Bertz CT molecular complexity index is 725. The lowest BCUT2D eigenvalue weighted by atomic mass is 10.1. The second-order valence-electron chi connectivity index (χ2n) is 5.66. The topological polar surface area (TPSA) is 79.0 Å². The highest BCUT2D eigenvalue weighted by Crippen LogP contribution is 2.14. The van der Waals surface area contributed by atoms with Gasteiger partial charge in [0.15, 0.2) is 0 Å². The predicted molar refractivity (Wildman–Crippen MR) is 90.8 cm³/mol. The molecule has 0 saturated heterocycles. The molecule has 23 heavy (non-hydrogen) atoms. The first-order valence-corrected chi connectivity index (χ1v) is 8.45. The summed E-state index contributed by atoms with van der Waals surface area (Å²) in [5.74, 6) is 0.0946. The number of rotatable bonds is 6. The number of likely N-dealkylation sites (N-methyl/N-ethyl adjacent to an activating group) is 1. The van der Waals surface area contributed by atoms with Crippen molar-refractivity contribution in [3.05, 3.63) is 43.5 Å². The third-order valence-electron chi connectivity index (χ3n) is 3.99. The number of amides is 1. The molecular weight excluding hydrogens is 312 g/mol. The van der Waals surface area contributed by atoms with Gasteiger partial charge in [0.25, 0.3) is 0 Å². The van der Waals surface area contributed by atoms with E-state index in [9.17, 15) is 9.59 Å². The van der Waals surface area contributed by atoms with Crippen molar-refractivity contribution in [2.45, 2.75) is 40.0 Å². The quantitative estimate of drug-likeness (QED) is 0.873. The van der Waals surface area contributed by atoms with Gasteiger partial charge < -0.3 is 9.88 Å². The minimum Gasteiger partial charge on any atom is -0.345 e. The summed E-state index contributed by atoms with van der Waals surface area (Å²) in [7, 11) is 1.82. The molecule has 2 heterocycles. The Morgan fingerprint density at radius 3 is 2.61 bits per heavy atom. The minimum atomic E-state index is -0.341. The number of aryl methyl sites for hydroxylation is 3. The molecule has 2 aromatic rings. The number of carbonyl (C=O) groups is 1. The zero-order valence-electron chi connectivity index (χ0n) is 14.0. The van der Waals surface area contributed by atoms with Gasteiger partial charge in [0.05, 0.1) is 11.2 Å². The molecule has 124 valence electrons. The molecule has 1 N–H and O–H groups in total. The van der Waals surface area contributed by atoms with Crippen molar-refractivity contribution in [3.8, 4) is 0 Å². The molecule has 0 bridgehead atoms. The molecule has 0 spiro atoms. The van der Waals surface area contributed by atoms with Crippen LogP contribution in [-0.4, -0.2) is 39.4 Å². The maximum atomic E-state index is 12.3. The van der Waals surface area contributed by atoms with Crippen molar-refractivity contribution in [1.82, 2.24) is 19.9 Å². The predicted octanol–water partition coefficient (Wildman–Crippen LogP) is 1.79. The summed E-state index contributed by atoms with van der Waals surface area (Å²) in [5, 5.41) is 0. The van der Waals surface area contributed by atoms with Gasteiger partial charge in [-0.25, -0.2) is 9.78 Å². The molecule has 0 aliphatic heterocycles. The van der Waals surface area contributed by atoms with Gasteiger partial charge in [-0.1, -0.05) is 0 Å². The molecule has 0 fully saturated rings. The van der Waals surface area contributed by atoms with Crippen LogP contribution in [0.5, 0.6) is 0 Å². The van der Waals surface area contributed by atoms with Crippen molar-refractivity contribution in [2.75, 3.05) is 13.6 Å². The van der Waals surface area contributed by atoms with Crippen LogP contribution in [0.4, 0.5) is 0 Å². The number of hydrogen-bond donors (Lipinski definition) is 1. The molecule has 7 heteroatoms. The van der Waals surface area contributed by atoms with Gasteiger partial charge in [-0.3, -0.25) is 4.79 Å². The Kier molecular flexibility index (Phi) is 5.65. The van der Waals surface area contributed by atoms with Crippen LogP contribution < -0.4 is 5.69 Å². The first-order valence-electron chi connectivity index (χ1n) is 7.57. The fourth-order valence-electron chi connectivity index (χ4n) is 2.51. The maximum Gasteiger partial charge on any atom is 0.345 e. The fraction of sp³-hybridized carbons (Fsp3) is 0.500. The first kappa shape index (κ1) is 17.3. The van der Waals surface area contributed by atoms with Crippen LogP contribution >= 0.6 is 11.3 Å². The van der Waals surface area contributed by atoms with Crippen LogP contribution in [-0.2, 0) is 17.6 Å². The second-order valence-corrected chi connectivity index (χ2v) is 6.60. The standard InChI is InChI=1S/C16H22N4O2S/c1-10-13(11(2)19-16(22)18-10)5-6-15(21)20(4)8-7-14-12(3)17-9-23-14/h9H,5-8H2,1-4H3,(H,18,19,22). The van der Waals surface area contributed by atoms with Crippen LogP contribution in [0, 0.1) is 20.8 Å². The van der Waals surface area contributed by atoms with E-state index < -0.39 is 0 Å². The van der Waals surface area contributed by atoms with Crippen LogP contribution in [0.15, 0.2) is 10.3 Å². The van der Waals surface area contributed by atoms with Gasteiger partial charge >= 0.3 is 5.69 Å². The molecule has 0 radical (unpaired) electrons. The zero-order valence-corrected chi connectivity index (χ0v) is 14.8. The summed E-state index contributed by atoms with van der Waals surface area (Å²) >= 11 is 1.63. The molecule has 2 aromatic heterocycles. The Balaban J connectivity index is 1.89. The van der Waals surface area contributed by atoms with Crippen molar-refractivity contribution in [2.24, 2.45) is 0 Å². The summed E-state index contributed by atoms with van der Waals surface area (Å²) in [6.07, 6.45) is 1.83. The van der Waals surface area contributed by atoms with Crippen molar-refractivity contribution < 1.29 is 4.79 Å². The van der Waals surface area contributed by atoms with Crippen LogP contribution in [0.25, 0.3) is 0 Å². The van der Waals surface area contributed by atoms with Gasteiger partial charge in [-0.15, -0.1) is 11.3 Å². The average Bonchev–Trinajstić information content (AvgIpc) is 2.88. The molecule has 0 aliphatic rings. The highest BCUT2D eigenvalue weighted by Gasteiger charge is 2.13. The molecule has 0 unspecified atom stereocenters. The highest BCUT2D eigenvalue weighted by atomic mass is 32.1. The number of H-pyrrole nitrogens is 1. The van der Waals surface area contributed by atoms with Crippen molar-refractivity contribution in [1.29, 1.82) is 0 Å². The Labute approximate surface area is 139 Å². The van der Waals surface area contributed by atoms with Gasteiger partial charge in [-0.05, 0) is 32.8 Å². The smallest absolute Gasteiger partial charge is 0.345 e. The summed E-state index contributed by atoms with van der Waals surface area (Å²) in [6.45, 7) is 6.32. The van der Waals surface area contributed by atoms with E-state index in [4.69, 9.17) is 0 Å². The number of aromatic nitrogens is 3. The van der Waals surface area contributed by atoms with Crippen LogP contribution in [0.1, 0.15) is 33.9 Å². The first-order chi connectivity index (χ1) is 10.9. The van der Waals surface area contributed by atoms with Crippen LogP contribution in [0.2, 0.25) is 0 Å². The number of carbonyl (C=O) groups excluding carboxylic acids is 1. The van der Waals surface area contributed by atoms with E-state index in [0.717, 1.165) is 23.4 Å². The lowest BCUT2D eigenvalue weighted by Crippen LogP contribution is -2.29. The third kappa shape index (κ3) is 4.48. The van der Waals surface area contributed by atoms with E-state index in [1.54, 1.807) is 23.2 Å². The Morgan fingerprint density at radius 2 is 2.00 bits per heavy atom. The monoisotopic (exact) mass is 334 g/mol. The number of hydrogen-bond acceptors (Lipinski definition) is 5. The molecule has 2 rings (SSSR count). The normalized spacial score (nSPS) is 10.8.